The van der Waals surface area contributed by atoms with Gasteiger partial charge < -0.3 is 33.6 Å². The number of fused-ring (bicyclic) bond motifs is 4. The predicted octanol–water partition coefficient (Wildman–Crippen LogP) is 7.46. The molecule has 2 saturated carbocycles. The van der Waals surface area contributed by atoms with E-state index in [9.17, 15) is 34.5 Å². The van der Waals surface area contributed by atoms with E-state index in [1.807, 2.05) is 39.8 Å². The molecule has 3 aromatic rings. The van der Waals surface area contributed by atoms with E-state index in [4.69, 9.17) is 18.3 Å². The van der Waals surface area contributed by atoms with Gasteiger partial charge in [-0.2, -0.15) is 0 Å². The molecule has 3 N–H and O–H groups in total. The summed E-state index contributed by atoms with van der Waals surface area (Å²) in [7, 11) is 0. The molecule has 8 rings (SSSR count). The van der Waals surface area contributed by atoms with Crippen LogP contribution < -0.4 is 5.43 Å². The van der Waals surface area contributed by atoms with Crippen molar-refractivity contribution < 1.29 is 48.0 Å². The number of epoxide rings is 1. The molecule has 1 aliphatic heterocycles. The topological polar surface area (TPSA) is 177 Å². The Morgan fingerprint density at radius 3 is 2.37 bits per heavy atom. The molecule has 1 spiro atoms. The second-order valence-corrected chi connectivity index (χ2v) is 17.1. The van der Waals surface area contributed by atoms with Crippen LogP contribution in [-0.2, 0) is 30.3 Å². The van der Waals surface area contributed by atoms with Gasteiger partial charge in [0, 0.05) is 41.4 Å². The summed E-state index contributed by atoms with van der Waals surface area (Å²) in [4.78, 5) is 51.5. The van der Waals surface area contributed by atoms with Crippen molar-refractivity contribution in [2.75, 3.05) is 0 Å². The first-order valence-corrected chi connectivity index (χ1v) is 18.4. The van der Waals surface area contributed by atoms with Crippen molar-refractivity contribution in [3.8, 4) is 11.5 Å². The van der Waals surface area contributed by atoms with Crippen LogP contribution in [0, 0.1) is 34.5 Å². The fourth-order valence-corrected chi connectivity index (χ4v) is 11.2. The molecule has 1 aromatic carbocycles. The molecule has 1 saturated heterocycles. The van der Waals surface area contributed by atoms with Gasteiger partial charge in [-0.15, -0.1) is 0 Å². The minimum Gasteiger partial charge on any atom is -0.507 e. The Balaban J connectivity index is 0.000000201. The Bertz CT molecular complexity index is 2270. The second kappa shape index (κ2) is 12.1. The lowest BCUT2D eigenvalue weighted by Gasteiger charge is -2.64. The maximum absolute atomic E-state index is 14.3. The van der Waals surface area contributed by atoms with Crippen LogP contribution in [0.2, 0.25) is 0 Å². The number of aromatic hydroxyl groups is 2. The zero-order valence-electron chi connectivity index (χ0n) is 32.2. The van der Waals surface area contributed by atoms with Gasteiger partial charge in [-0.05, 0) is 90.0 Å². The van der Waals surface area contributed by atoms with E-state index in [0.29, 0.717) is 36.2 Å². The van der Waals surface area contributed by atoms with E-state index in [1.54, 1.807) is 45.4 Å². The number of aliphatic hydroxyl groups is 1. The van der Waals surface area contributed by atoms with E-state index >= 15 is 0 Å². The Morgan fingerprint density at radius 1 is 1.04 bits per heavy atom. The highest BCUT2D eigenvalue weighted by atomic mass is 16.6. The van der Waals surface area contributed by atoms with Gasteiger partial charge in [-0.1, -0.05) is 31.6 Å². The van der Waals surface area contributed by atoms with Crippen LogP contribution in [0.15, 0.2) is 79.5 Å². The van der Waals surface area contributed by atoms with Crippen LogP contribution in [-0.4, -0.2) is 50.7 Å². The summed E-state index contributed by atoms with van der Waals surface area (Å²) in [5, 5.41) is 31.7. The zero-order valence-corrected chi connectivity index (χ0v) is 32.2. The summed E-state index contributed by atoms with van der Waals surface area (Å²) in [6.07, 6.45) is 9.41. The van der Waals surface area contributed by atoms with Crippen LogP contribution >= 0.6 is 0 Å². The third kappa shape index (κ3) is 4.89. The fourth-order valence-electron chi connectivity index (χ4n) is 11.2. The number of Topliss-reactive ketones (excluding diaryl/α,β-unsaturated/α-hetero) is 1. The summed E-state index contributed by atoms with van der Waals surface area (Å²) in [6, 6.07) is 4.64. The van der Waals surface area contributed by atoms with Crippen LogP contribution in [0.3, 0.4) is 0 Å². The number of furan rings is 1. The molecule has 3 fully saturated rings. The van der Waals surface area contributed by atoms with E-state index in [2.05, 4.69) is 6.92 Å². The largest absolute Gasteiger partial charge is 0.507 e. The third-order valence-electron chi connectivity index (χ3n) is 13.3. The highest BCUT2D eigenvalue weighted by molar-refractivity contribution is 6.06. The Hall–Kier alpha value is -4.90. The standard InChI is InChI=1S/C28H32O7.C15H16O4/c1-14(29)34-17-12-26(5)16(15-8-10-33-13-15)11-19-28(26,35-19)27(6)21(17)25(4)9-7-18(30)24(2,3)22(25)20(31)23(27)32;1-8(2)4-5-10-11(16)7-13-14(15(10)18)12(17)6-9(3)19-13/h7-10,13,16-17,19,21,31H,11-12H2,1-6H3;4,6-7,16,18H,5H2,1-3H3. The quantitative estimate of drug-likeness (QED) is 0.137. The van der Waals surface area contributed by atoms with Crippen LogP contribution in [0.4, 0.5) is 0 Å². The second-order valence-electron chi connectivity index (χ2n) is 17.1. The number of carbonyl (C=O) groups excluding carboxylic acids is 3. The van der Waals surface area contributed by atoms with Crippen molar-refractivity contribution in [1.29, 1.82) is 0 Å². The lowest BCUT2D eigenvalue weighted by atomic mass is 9.38. The number of carbonyl (C=O) groups is 3. The SMILES string of the molecule is CC(=O)OC1CC2(C)C(c3ccoc3)CC3OC32C2(C)C(=O)C(O)=C3C(C)(C)C(=O)C=CC3(C)C12.CC(C)=CCc1c(O)cc2oc(C)cc(=O)c2c1O. The monoisotopic (exact) mass is 740 g/mol. The molecule has 11 nitrogen and oxygen atoms in total. The molecule has 8 atom stereocenters. The molecular formula is C43H48O11. The summed E-state index contributed by atoms with van der Waals surface area (Å²) >= 11 is 0. The number of aliphatic hydroxyl groups excluding tert-OH is 1. The third-order valence-corrected chi connectivity index (χ3v) is 13.3. The minimum atomic E-state index is -1.17. The molecule has 54 heavy (non-hydrogen) atoms. The van der Waals surface area contributed by atoms with E-state index in [1.165, 1.54) is 19.1 Å². The molecule has 11 heteroatoms. The zero-order chi connectivity index (χ0) is 39.5. The highest BCUT2D eigenvalue weighted by Crippen LogP contribution is 2.81. The average molecular weight is 741 g/mol. The highest BCUT2D eigenvalue weighted by Gasteiger charge is 2.89. The average Bonchev–Trinajstić information content (AvgIpc) is 3.42. The number of phenolic OH excluding ortho intramolecular Hbond substituents is 2. The van der Waals surface area contributed by atoms with Crippen molar-refractivity contribution in [3.63, 3.8) is 0 Å². The van der Waals surface area contributed by atoms with Gasteiger partial charge in [-0.25, -0.2) is 0 Å². The molecular weight excluding hydrogens is 692 g/mol. The van der Waals surface area contributed by atoms with Crippen molar-refractivity contribution >= 4 is 28.5 Å². The molecule has 3 heterocycles. The van der Waals surface area contributed by atoms with Crippen molar-refractivity contribution in [1.82, 2.24) is 0 Å². The molecule has 0 radical (unpaired) electrons. The van der Waals surface area contributed by atoms with Crippen molar-refractivity contribution in [2.24, 2.45) is 27.6 Å². The number of allylic oxidation sites excluding steroid dienone is 6. The first kappa shape index (κ1) is 37.4. The van der Waals surface area contributed by atoms with Gasteiger partial charge >= 0.3 is 5.97 Å². The number of benzene rings is 1. The molecule has 8 unspecified atom stereocenters. The molecule has 286 valence electrons. The number of ether oxygens (including phenoxy) is 2. The predicted molar refractivity (Wildman–Crippen MR) is 198 cm³/mol. The van der Waals surface area contributed by atoms with Crippen molar-refractivity contribution in [2.45, 2.75) is 105 Å². The fraction of sp³-hybridized carbons (Fsp3) is 0.488. The first-order valence-electron chi connectivity index (χ1n) is 18.4. The Kier molecular flexibility index (Phi) is 8.35. The lowest BCUT2D eigenvalue weighted by Crippen LogP contribution is -2.70. The van der Waals surface area contributed by atoms with Gasteiger partial charge in [0.05, 0.1) is 29.5 Å². The number of rotatable bonds is 4. The lowest BCUT2D eigenvalue weighted by molar-refractivity contribution is -0.200. The maximum atomic E-state index is 14.3. The molecule has 4 aliphatic carbocycles. The molecule has 2 aromatic heterocycles. The Morgan fingerprint density at radius 2 is 1.74 bits per heavy atom. The summed E-state index contributed by atoms with van der Waals surface area (Å²) < 4.78 is 23.3. The van der Waals surface area contributed by atoms with Crippen LogP contribution in [0.25, 0.3) is 11.0 Å². The number of hydrogen-bond donors (Lipinski definition) is 3. The number of esters is 1. The van der Waals surface area contributed by atoms with Crippen molar-refractivity contribution in [3.05, 3.63) is 93.0 Å². The van der Waals surface area contributed by atoms with Gasteiger partial charge in [0.25, 0.3) is 0 Å². The first-order chi connectivity index (χ1) is 25.2. The summed E-state index contributed by atoms with van der Waals surface area (Å²) in [5.41, 5.74) is -1.77. The molecule has 0 bridgehead atoms. The molecule has 5 aliphatic rings. The summed E-state index contributed by atoms with van der Waals surface area (Å²) in [5.74, 6) is -1.68. The number of aryl methyl sites for hydroxylation is 1. The van der Waals surface area contributed by atoms with Gasteiger partial charge in [0.2, 0.25) is 5.78 Å². The maximum Gasteiger partial charge on any atom is 0.302 e. The van der Waals surface area contributed by atoms with Gasteiger partial charge in [-0.3, -0.25) is 19.2 Å². The van der Waals surface area contributed by atoms with Gasteiger partial charge in [0.15, 0.2) is 17.0 Å². The number of ketones is 2. The smallest absolute Gasteiger partial charge is 0.302 e. The minimum absolute atomic E-state index is 0.0453. The normalized spacial score (nSPS) is 34.2. The molecule has 0 amide bonds. The number of hydrogen-bond acceptors (Lipinski definition) is 11. The van der Waals surface area contributed by atoms with Gasteiger partial charge in [0.1, 0.15) is 39.9 Å². The van der Waals surface area contributed by atoms with Crippen LogP contribution in [0.5, 0.6) is 11.5 Å². The van der Waals surface area contributed by atoms with E-state index in [-0.39, 0.29) is 51.5 Å². The summed E-state index contributed by atoms with van der Waals surface area (Å²) in [6.45, 7) is 16.3. The van der Waals surface area contributed by atoms with E-state index in [0.717, 1.165) is 11.1 Å². The Labute approximate surface area is 313 Å². The number of phenols is 2. The van der Waals surface area contributed by atoms with E-state index < -0.39 is 51.0 Å². The van der Waals surface area contributed by atoms with Crippen LogP contribution in [0.1, 0.15) is 91.0 Å².